The minimum Gasteiger partial charge on any atom is -0.466 e. The Morgan fingerprint density at radius 2 is 0.614 bits per heavy atom. The van der Waals surface area contributed by atoms with E-state index in [1.54, 1.807) is 0 Å². The first-order valence-electron chi connectivity index (χ1n) is 27.0. The Hall–Kier alpha value is -0.790. The second-order valence-electron chi connectivity index (χ2n) is 19.1. The van der Waals surface area contributed by atoms with E-state index < -0.39 is 0 Å². The summed E-state index contributed by atoms with van der Waals surface area (Å²) in [5.74, 6) is 0.918. The highest BCUT2D eigenvalue weighted by molar-refractivity contribution is 5.69. The molecule has 0 amide bonds. The molecule has 0 heterocycles. The number of hydrogen-bond acceptors (Lipinski definition) is 2. The molecule has 2 heteroatoms. The zero-order chi connectivity index (χ0) is 41.2. The van der Waals surface area contributed by atoms with Gasteiger partial charge in [-0.2, -0.15) is 0 Å². The number of hydrogen-bond donors (Lipinski definition) is 0. The molecule has 0 saturated heterocycles. The molecule has 0 unspecified atom stereocenters. The maximum Gasteiger partial charge on any atom is 0.305 e. The van der Waals surface area contributed by atoms with Gasteiger partial charge in [0.05, 0.1) is 6.61 Å². The zero-order valence-corrected chi connectivity index (χ0v) is 40.0. The molecule has 57 heavy (non-hydrogen) atoms. The number of rotatable bonds is 50. The fourth-order valence-electron chi connectivity index (χ4n) is 8.56. The minimum atomic E-state index is 0.0307. The fraction of sp³-hybridized carbons (Fsp3) is 0.945. The number of ether oxygens (including phenoxy) is 1. The molecule has 0 aromatic rings. The highest BCUT2D eigenvalue weighted by Gasteiger charge is 2.03. The van der Waals surface area contributed by atoms with Gasteiger partial charge in [0.15, 0.2) is 0 Å². The van der Waals surface area contributed by atoms with E-state index in [0.717, 1.165) is 18.8 Å². The molecule has 2 nitrogen and oxygen atoms in total. The smallest absolute Gasteiger partial charge is 0.305 e. The fourth-order valence-corrected chi connectivity index (χ4v) is 8.56. The minimum absolute atomic E-state index is 0.0307. The van der Waals surface area contributed by atoms with Crippen LogP contribution in [0.4, 0.5) is 0 Å². The Bertz CT molecular complexity index is 756. The van der Waals surface area contributed by atoms with Crippen molar-refractivity contribution in [3.05, 3.63) is 12.2 Å². The van der Waals surface area contributed by atoms with Crippen molar-refractivity contribution in [2.24, 2.45) is 5.92 Å². The molecular formula is C55H108O2. The normalized spacial score (nSPS) is 11.8. The third-order valence-corrected chi connectivity index (χ3v) is 12.6. The predicted octanol–water partition coefficient (Wildman–Crippen LogP) is 20.1. The van der Waals surface area contributed by atoms with Crippen LogP contribution in [0.3, 0.4) is 0 Å². The van der Waals surface area contributed by atoms with Crippen molar-refractivity contribution >= 4 is 5.97 Å². The van der Waals surface area contributed by atoms with Crippen LogP contribution in [0.2, 0.25) is 0 Å². The largest absolute Gasteiger partial charge is 0.466 e. The second kappa shape index (κ2) is 51.4. The van der Waals surface area contributed by atoms with E-state index in [9.17, 15) is 4.79 Å². The first-order chi connectivity index (χ1) is 28.2. The first-order valence-corrected chi connectivity index (χ1v) is 27.0. The van der Waals surface area contributed by atoms with Crippen molar-refractivity contribution in [1.82, 2.24) is 0 Å². The lowest BCUT2D eigenvalue weighted by molar-refractivity contribution is -0.143. The van der Waals surface area contributed by atoms with E-state index >= 15 is 0 Å². The van der Waals surface area contributed by atoms with Crippen LogP contribution in [0.5, 0.6) is 0 Å². The molecular weight excluding hydrogens is 693 g/mol. The van der Waals surface area contributed by atoms with Gasteiger partial charge in [0.25, 0.3) is 0 Å². The molecule has 340 valence electrons. The van der Waals surface area contributed by atoms with Gasteiger partial charge in [-0.1, -0.05) is 290 Å². The van der Waals surface area contributed by atoms with Crippen molar-refractivity contribution < 1.29 is 9.53 Å². The average molecular weight is 801 g/mol. The van der Waals surface area contributed by atoms with Crippen LogP contribution in [0.1, 0.15) is 323 Å². The molecule has 0 fully saturated rings. The molecule has 0 aliphatic heterocycles. The lowest BCUT2D eigenvalue weighted by Crippen LogP contribution is -2.05. The molecule has 0 aliphatic carbocycles. The highest BCUT2D eigenvalue weighted by atomic mass is 16.5. The monoisotopic (exact) mass is 801 g/mol. The summed E-state index contributed by atoms with van der Waals surface area (Å²) < 4.78 is 5.50. The molecule has 0 aliphatic rings. The van der Waals surface area contributed by atoms with Crippen molar-refractivity contribution in [2.75, 3.05) is 6.61 Å². The quantitative estimate of drug-likeness (QED) is 0.0348. The van der Waals surface area contributed by atoms with Crippen LogP contribution in [0.25, 0.3) is 0 Å². The van der Waals surface area contributed by atoms with Crippen LogP contribution in [-0.2, 0) is 9.53 Å². The standard InChI is InChI=1S/C55H108O2/c1-4-5-6-7-8-9-10-11-12-13-14-21-25-28-31-34-37-40-43-46-49-52-55(56)57-53-50-47-44-41-38-35-32-29-26-23-20-18-16-15-17-19-22-24-27-30-33-36-39-42-45-48-51-54(2)3/h11-12,54H,4-10,13-53H2,1-3H3. The van der Waals surface area contributed by atoms with Gasteiger partial charge in [-0.25, -0.2) is 0 Å². The number of carbonyl (C=O) groups excluding carboxylic acids is 1. The van der Waals surface area contributed by atoms with E-state index in [1.165, 1.54) is 283 Å². The van der Waals surface area contributed by atoms with Crippen LogP contribution < -0.4 is 0 Å². The van der Waals surface area contributed by atoms with Gasteiger partial charge in [0.2, 0.25) is 0 Å². The lowest BCUT2D eigenvalue weighted by atomic mass is 10.0. The van der Waals surface area contributed by atoms with E-state index in [-0.39, 0.29) is 5.97 Å². The Balaban J connectivity index is 3.16. The summed E-state index contributed by atoms with van der Waals surface area (Å²) in [5.41, 5.74) is 0. The number of unbranched alkanes of at least 4 members (excludes halogenated alkanes) is 42. The summed E-state index contributed by atoms with van der Waals surface area (Å²) >= 11 is 0. The topological polar surface area (TPSA) is 26.3 Å². The van der Waals surface area contributed by atoms with Crippen LogP contribution in [0.15, 0.2) is 12.2 Å². The van der Waals surface area contributed by atoms with Gasteiger partial charge >= 0.3 is 5.97 Å². The summed E-state index contributed by atoms with van der Waals surface area (Å²) in [6.45, 7) is 7.62. The van der Waals surface area contributed by atoms with E-state index in [1.807, 2.05) is 0 Å². The number of esters is 1. The summed E-state index contributed by atoms with van der Waals surface area (Å²) in [6.07, 6.45) is 69.4. The van der Waals surface area contributed by atoms with Gasteiger partial charge in [0, 0.05) is 6.42 Å². The van der Waals surface area contributed by atoms with Gasteiger partial charge in [-0.3, -0.25) is 4.79 Å². The van der Waals surface area contributed by atoms with Gasteiger partial charge in [0.1, 0.15) is 0 Å². The Morgan fingerprint density at radius 1 is 0.351 bits per heavy atom. The van der Waals surface area contributed by atoms with Crippen LogP contribution in [0, 0.1) is 5.92 Å². The SMILES string of the molecule is CCCCCCCCC=CCCCCCCCCCCCCCC(=O)OCCCCCCCCCCCCCCCCCCCCCCCCCCCCC(C)C. The molecule has 0 aromatic carbocycles. The first kappa shape index (κ1) is 56.2. The van der Waals surface area contributed by atoms with Crippen molar-refractivity contribution in [3.63, 3.8) is 0 Å². The second-order valence-corrected chi connectivity index (χ2v) is 19.1. The molecule has 0 atom stereocenters. The lowest BCUT2D eigenvalue weighted by Gasteiger charge is -2.06. The van der Waals surface area contributed by atoms with Crippen molar-refractivity contribution in [3.8, 4) is 0 Å². The van der Waals surface area contributed by atoms with E-state index in [2.05, 4.69) is 32.9 Å². The molecule has 0 rings (SSSR count). The Morgan fingerprint density at radius 3 is 0.930 bits per heavy atom. The number of carbonyl (C=O) groups is 1. The Labute approximate surface area is 361 Å². The third kappa shape index (κ3) is 53.2. The van der Waals surface area contributed by atoms with E-state index in [0.29, 0.717) is 13.0 Å². The average Bonchev–Trinajstić information content (AvgIpc) is 3.20. The van der Waals surface area contributed by atoms with Crippen LogP contribution in [-0.4, -0.2) is 12.6 Å². The van der Waals surface area contributed by atoms with Crippen LogP contribution >= 0.6 is 0 Å². The molecule has 0 saturated carbocycles. The summed E-state index contributed by atoms with van der Waals surface area (Å²) in [4.78, 5) is 12.1. The number of allylic oxidation sites excluding steroid dienone is 2. The third-order valence-electron chi connectivity index (χ3n) is 12.6. The van der Waals surface area contributed by atoms with Gasteiger partial charge in [-0.15, -0.1) is 0 Å². The summed E-state index contributed by atoms with van der Waals surface area (Å²) in [6, 6.07) is 0. The predicted molar refractivity (Wildman–Crippen MR) is 258 cm³/mol. The Kier molecular flexibility index (Phi) is 50.6. The van der Waals surface area contributed by atoms with E-state index in [4.69, 9.17) is 4.74 Å². The maximum absolute atomic E-state index is 12.1. The summed E-state index contributed by atoms with van der Waals surface area (Å²) in [5, 5.41) is 0. The van der Waals surface area contributed by atoms with Crippen molar-refractivity contribution in [2.45, 2.75) is 323 Å². The molecule has 0 aromatic heterocycles. The molecule has 0 spiro atoms. The molecule has 0 bridgehead atoms. The van der Waals surface area contributed by atoms with Gasteiger partial charge < -0.3 is 4.74 Å². The maximum atomic E-state index is 12.1. The van der Waals surface area contributed by atoms with Gasteiger partial charge in [-0.05, 0) is 44.4 Å². The highest BCUT2D eigenvalue weighted by Crippen LogP contribution is 2.18. The molecule has 0 radical (unpaired) electrons. The summed E-state index contributed by atoms with van der Waals surface area (Å²) in [7, 11) is 0. The molecule has 0 N–H and O–H groups in total. The zero-order valence-electron chi connectivity index (χ0n) is 40.0. The van der Waals surface area contributed by atoms with Crippen molar-refractivity contribution in [1.29, 1.82) is 0 Å².